The van der Waals surface area contributed by atoms with Crippen LogP contribution in [0.4, 0.5) is 0 Å². The minimum Gasteiger partial charge on any atom is -0.348 e. The Labute approximate surface area is 139 Å². The highest BCUT2D eigenvalue weighted by Crippen LogP contribution is 2.23. The number of carbonyl (C=O) groups is 1. The van der Waals surface area contributed by atoms with Gasteiger partial charge in [-0.1, -0.05) is 18.7 Å². The van der Waals surface area contributed by atoms with Crippen LogP contribution in [0.3, 0.4) is 0 Å². The van der Waals surface area contributed by atoms with Gasteiger partial charge in [0.2, 0.25) is 5.91 Å². The molecular weight excluding hydrogens is 316 g/mol. The van der Waals surface area contributed by atoms with Gasteiger partial charge in [0.05, 0.1) is 11.6 Å². The molecule has 1 aromatic rings. The molecule has 22 heavy (non-hydrogen) atoms. The number of hydrogen-bond acceptors (Lipinski definition) is 6. The molecule has 0 spiro atoms. The Morgan fingerprint density at radius 2 is 2.14 bits per heavy atom. The molecule has 7 heteroatoms. The zero-order valence-electron chi connectivity index (χ0n) is 12.9. The summed E-state index contributed by atoms with van der Waals surface area (Å²) in [6, 6.07) is 0. The van der Waals surface area contributed by atoms with Crippen molar-refractivity contribution in [2.24, 2.45) is 4.99 Å². The Hall–Kier alpha value is -1.34. The SMILES string of the molecule is Cc1ncc(C=CC(=O)N2CCN(C3=NCC(C)S3)CC2)s1. The number of thiazole rings is 1. The summed E-state index contributed by atoms with van der Waals surface area (Å²) in [7, 11) is 0. The fourth-order valence-electron chi connectivity index (χ4n) is 2.47. The molecule has 118 valence electrons. The van der Waals surface area contributed by atoms with Gasteiger partial charge >= 0.3 is 0 Å². The van der Waals surface area contributed by atoms with Gasteiger partial charge in [0.25, 0.3) is 0 Å². The molecule has 3 rings (SSSR count). The summed E-state index contributed by atoms with van der Waals surface area (Å²) < 4.78 is 0. The third-order valence-electron chi connectivity index (χ3n) is 3.68. The van der Waals surface area contributed by atoms with E-state index >= 15 is 0 Å². The maximum atomic E-state index is 12.2. The van der Waals surface area contributed by atoms with Crippen LogP contribution in [-0.4, -0.2) is 63.8 Å². The normalized spacial score (nSPS) is 22.5. The summed E-state index contributed by atoms with van der Waals surface area (Å²) in [4.78, 5) is 26.2. The van der Waals surface area contributed by atoms with Crippen LogP contribution in [0.5, 0.6) is 0 Å². The number of piperazine rings is 1. The van der Waals surface area contributed by atoms with Crippen molar-refractivity contribution in [3.8, 4) is 0 Å². The molecule has 0 aliphatic carbocycles. The molecule has 0 aromatic carbocycles. The third-order valence-corrected chi connectivity index (χ3v) is 5.71. The van der Waals surface area contributed by atoms with Crippen molar-refractivity contribution < 1.29 is 4.79 Å². The van der Waals surface area contributed by atoms with Crippen LogP contribution in [0.1, 0.15) is 16.8 Å². The highest BCUT2D eigenvalue weighted by molar-refractivity contribution is 8.14. The van der Waals surface area contributed by atoms with Crippen LogP contribution < -0.4 is 0 Å². The number of rotatable bonds is 2. The van der Waals surface area contributed by atoms with Crippen molar-refractivity contribution in [2.75, 3.05) is 32.7 Å². The predicted octanol–water partition coefficient (Wildman–Crippen LogP) is 2.10. The molecule has 3 heterocycles. The third kappa shape index (κ3) is 3.70. The molecule has 0 bridgehead atoms. The van der Waals surface area contributed by atoms with Gasteiger partial charge in [0.1, 0.15) is 0 Å². The van der Waals surface area contributed by atoms with Crippen molar-refractivity contribution in [3.63, 3.8) is 0 Å². The minimum absolute atomic E-state index is 0.0834. The zero-order valence-corrected chi connectivity index (χ0v) is 14.5. The van der Waals surface area contributed by atoms with Crippen LogP contribution >= 0.6 is 23.1 Å². The first-order valence-corrected chi connectivity index (χ1v) is 9.17. The number of amidine groups is 1. The second-order valence-corrected chi connectivity index (χ2v) is 8.15. The molecule has 1 aromatic heterocycles. The van der Waals surface area contributed by atoms with Gasteiger partial charge in [0, 0.05) is 48.6 Å². The van der Waals surface area contributed by atoms with Crippen molar-refractivity contribution >= 4 is 40.2 Å². The molecule has 1 amide bonds. The molecule has 5 nitrogen and oxygen atoms in total. The lowest BCUT2D eigenvalue weighted by atomic mass is 10.3. The largest absolute Gasteiger partial charge is 0.348 e. The first-order chi connectivity index (χ1) is 10.6. The monoisotopic (exact) mass is 336 g/mol. The van der Waals surface area contributed by atoms with Crippen molar-refractivity contribution in [2.45, 2.75) is 19.1 Å². The van der Waals surface area contributed by atoms with E-state index in [-0.39, 0.29) is 5.91 Å². The van der Waals surface area contributed by atoms with E-state index in [1.807, 2.05) is 29.7 Å². The molecule has 0 radical (unpaired) electrons. The van der Waals surface area contributed by atoms with E-state index in [0.717, 1.165) is 47.8 Å². The lowest BCUT2D eigenvalue weighted by Gasteiger charge is -2.35. The Bertz CT molecular complexity index is 602. The Morgan fingerprint density at radius 3 is 2.73 bits per heavy atom. The Kier molecular flexibility index (Phi) is 4.83. The average molecular weight is 336 g/mol. The smallest absolute Gasteiger partial charge is 0.246 e. The average Bonchev–Trinajstić information content (AvgIpc) is 3.13. The number of thioether (sulfide) groups is 1. The van der Waals surface area contributed by atoms with E-state index in [0.29, 0.717) is 5.25 Å². The summed E-state index contributed by atoms with van der Waals surface area (Å²) >= 11 is 3.44. The molecule has 0 N–H and O–H groups in total. The fraction of sp³-hybridized carbons (Fsp3) is 0.533. The van der Waals surface area contributed by atoms with Gasteiger partial charge in [0.15, 0.2) is 5.17 Å². The van der Waals surface area contributed by atoms with Gasteiger partial charge in [-0.05, 0) is 13.0 Å². The highest BCUT2D eigenvalue weighted by atomic mass is 32.2. The summed E-state index contributed by atoms with van der Waals surface area (Å²) in [5.74, 6) is 0.0834. The molecule has 1 fully saturated rings. The number of amides is 1. The minimum atomic E-state index is 0.0834. The van der Waals surface area contributed by atoms with Gasteiger partial charge in [-0.25, -0.2) is 4.98 Å². The lowest BCUT2D eigenvalue weighted by molar-refractivity contribution is -0.127. The Morgan fingerprint density at radius 1 is 1.36 bits per heavy atom. The predicted molar refractivity (Wildman–Crippen MR) is 93.4 cm³/mol. The summed E-state index contributed by atoms with van der Waals surface area (Å²) in [6.07, 6.45) is 5.32. The quantitative estimate of drug-likeness (QED) is 0.776. The van der Waals surface area contributed by atoms with Crippen molar-refractivity contribution in [1.82, 2.24) is 14.8 Å². The van der Waals surface area contributed by atoms with Crippen LogP contribution in [0, 0.1) is 6.92 Å². The van der Waals surface area contributed by atoms with Crippen LogP contribution in [-0.2, 0) is 4.79 Å². The fourth-order valence-corrected chi connectivity index (χ4v) is 4.15. The zero-order chi connectivity index (χ0) is 15.5. The standard InChI is InChI=1S/C15H20N4OS2/c1-11-9-17-15(21-11)19-7-5-18(6-8-19)14(20)4-3-13-10-16-12(2)22-13/h3-4,10-11H,5-9H2,1-2H3. The number of aryl methyl sites for hydroxylation is 1. The van der Waals surface area contributed by atoms with Gasteiger partial charge in [-0.15, -0.1) is 11.3 Å². The lowest BCUT2D eigenvalue weighted by Crippen LogP contribution is -2.49. The van der Waals surface area contributed by atoms with Gasteiger partial charge in [-0.2, -0.15) is 0 Å². The molecule has 2 aliphatic heterocycles. The molecule has 1 unspecified atom stereocenters. The van der Waals surface area contributed by atoms with Crippen LogP contribution in [0.2, 0.25) is 0 Å². The molecule has 2 aliphatic rings. The second-order valence-electron chi connectivity index (χ2n) is 5.48. The number of aliphatic imine (C=N–C) groups is 1. The van der Waals surface area contributed by atoms with Crippen molar-refractivity contribution in [3.05, 3.63) is 22.2 Å². The summed E-state index contributed by atoms with van der Waals surface area (Å²) in [5, 5.41) is 2.75. The summed E-state index contributed by atoms with van der Waals surface area (Å²) in [5.41, 5.74) is 0. The van der Waals surface area contributed by atoms with E-state index in [9.17, 15) is 4.79 Å². The van der Waals surface area contributed by atoms with Crippen molar-refractivity contribution in [1.29, 1.82) is 0 Å². The first kappa shape index (κ1) is 15.6. The first-order valence-electron chi connectivity index (χ1n) is 7.47. The van der Waals surface area contributed by atoms with Crippen LogP contribution in [0.25, 0.3) is 6.08 Å². The van der Waals surface area contributed by atoms with E-state index < -0.39 is 0 Å². The van der Waals surface area contributed by atoms with Crippen LogP contribution in [0.15, 0.2) is 17.3 Å². The Balaban J connectivity index is 1.50. The summed E-state index contributed by atoms with van der Waals surface area (Å²) in [6.45, 7) is 8.35. The maximum Gasteiger partial charge on any atom is 0.246 e. The highest BCUT2D eigenvalue weighted by Gasteiger charge is 2.25. The van der Waals surface area contributed by atoms with E-state index in [4.69, 9.17) is 0 Å². The number of hydrogen-bond donors (Lipinski definition) is 0. The van der Waals surface area contributed by atoms with Gasteiger partial charge < -0.3 is 9.80 Å². The van der Waals surface area contributed by atoms with E-state index in [1.54, 1.807) is 23.6 Å². The van der Waals surface area contributed by atoms with E-state index in [2.05, 4.69) is 21.8 Å². The molecule has 1 atom stereocenters. The number of aromatic nitrogens is 1. The van der Waals surface area contributed by atoms with Gasteiger partial charge in [-0.3, -0.25) is 9.79 Å². The molecule has 0 saturated carbocycles. The topological polar surface area (TPSA) is 48.8 Å². The second kappa shape index (κ2) is 6.83. The molecular formula is C15H20N4OS2. The number of carbonyl (C=O) groups excluding carboxylic acids is 1. The molecule has 1 saturated heterocycles. The van der Waals surface area contributed by atoms with E-state index in [1.165, 1.54) is 0 Å². The number of nitrogens with zero attached hydrogens (tertiary/aromatic N) is 4. The maximum absolute atomic E-state index is 12.2.